The third kappa shape index (κ3) is 2.39. The molecule has 2 aromatic carbocycles. The molecule has 4 nitrogen and oxygen atoms in total. The number of hydrogen-bond donors (Lipinski definition) is 1. The second kappa shape index (κ2) is 5.04. The molecule has 0 bridgehead atoms. The standard InChI is InChI=1S/C15H13N3O/c16-8-11-9-17-15(18-10-11)19-14-7-3-5-12-4-1-2-6-13(12)14/h1-7,9-10H,8,16H2. The Morgan fingerprint density at radius 2 is 1.68 bits per heavy atom. The van der Waals surface area contributed by atoms with Crippen molar-refractivity contribution < 1.29 is 4.74 Å². The van der Waals surface area contributed by atoms with Crippen molar-refractivity contribution in [3.8, 4) is 11.8 Å². The van der Waals surface area contributed by atoms with Crippen LogP contribution < -0.4 is 10.5 Å². The highest BCUT2D eigenvalue weighted by molar-refractivity contribution is 5.88. The van der Waals surface area contributed by atoms with E-state index in [0.29, 0.717) is 12.6 Å². The van der Waals surface area contributed by atoms with Gasteiger partial charge in [0.25, 0.3) is 0 Å². The Bertz CT molecular complexity index is 690. The summed E-state index contributed by atoms with van der Waals surface area (Å²) in [5.41, 5.74) is 6.39. The van der Waals surface area contributed by atoms with Gasteiger partial charge in [-0.25, -0.2) is 9.97 Å². The van der Waals surface area contributed by atoms with Crippen LogP contribution in [0.3, 0.4) is 0 Å². The molecule has 19 heavy (non-hydrogen) atoms. The van der Waals surface area contributed by atoms with E-state index in [1.54, 1.807) is 12.4 Å². The molecule has 0 atom stereocenters. The predicted octanol–water partition coefficient (Wildman–Crippen LogP) is 2.88. The van der Waals surface area contributed by atoms with Crippen LogP contribution in [-0.2, 0) is 6.54 Å². The molecule has 3 rings (SSSR count). The summed E-state index contributed by atoms with van der Waals surface area (Å²) in [6.07, 6.45) is 3.35. The van der Waals surface area contributed by atoms with E-state index in [1.165, 1.54) is 0 Å². The average molecular weight is 251 g/mol. The maximum Gasteiger partial charge on any atom is 0.321 e. The zero-order valence-electron chi connectivity index (χ0n) is 10.3. The van der Waals surface area contributed by atoms with Crippen molar-refractivity contribution in [3.05, 3.63) is 60.4 Å². The normalized spacial score (nSPS) is 10.6. The van der Waals surface area contributed by atoms with Crippen LogP contribution in [0.1, 0.15) is 5.56 Å². The molecule has 4 heteroatoms. The molecule has 0 aliphatic carbocycles. The van der Waals surface area contributed by atoms with Gasteiger partial charge in [-0.15, -0.1) is 0 Å². The van der Waals surface area contributed by atoms with E-state index in [1.807, 2.05) is 42.5 Å². The molecule has 1 aromatic heterocycles. The fraction of sp³-hybridized carbons (Fsp3) is 0.0667. The first-order valence-corrected chi connectivity index (χ1v) is 6.03. The second-order valence-electron chi connectivity index (χ2n) is 4.16. The van der Waals surface area contributed by atoms with Crippen molar-refractivity contribution >= 4 is 10.8 Å². The van der Waals surface area contributed by atoms with Crippen LogP contribution in [0.15, 0.2) is 54.9 Å². The van der Waals surface area contributed by atoms with Gasteiger partial charge in [0, 0.05) is 29.9 Å². The number of rotatable bonds is 3. The van der Waals surface area contributed by atoms with Crippen LogP contribution >= 0.6 is 0 Å². The van der Waals surface area contributed by atoms with Gasteiger partial charge >= 0.3 is 6.01 Å². The lowest BCUT2D eigenvalue weighted by Gasteiger charge is -2.07. The first kappa shape index (κ1) is 11.6. The van der Waals surface area contributed by atoms with Gasteiger partial charge in [-0.2, -0.15) is 0 Å². The fourth-order valence-corrected chi connectivity index (χ4v) is 1.88. The Morgan fingerprint density at radius 1 is 0.947 bits per heavy atom. The second-order valence-corrected chi connectivity index (χ2v) is 4.16. The van der Waals surface area contributed by atoms with Gasteiger partial charge < -0.3 is 10.5 Å². The van der Waals surface area contributed by atoms with Crippen molar-refractivity contribution in [1.29, 1.82) is 0 Å². The number of nitrogens with two attached hydrogens (primary N) is 1. The minimum Gasteiger partial charge on any atom is -0.424 e. The fourth-order valence-electron chi connectivity index (χ4n) is 1.88. The molecule has 0 radical (unpaired) electrons. The Labute approximate surface area is 110 Å². The van der Waals surface area contributed by atoms with Crippen LogP contribution in [0.4, 0.5) is 0 Å². The highest BCUT2D eigenvalue weighted by Gasteiger charge is 2.04. The minimum absolute atomic E-state index is 0.327. The Kier molecular flexibility index (Phi) is 3.08. The van der Waals surface area contributed by atoms with Crippen molar-refractivity contribution in [1.82, 2.24) is 9.97 Å². The molecule has 0 spiro atoms. The SMILES string of the molecule is NCc1cnc(Oc2cccc3ccccc23)nc1. The molecule has 94 valence electrons. The summed E-state index contributed by atoms with van der Waals surface area (Å²) in [6, 6.07) is 14.3. The third-order valence-electron chi connectivity index (χ3n) is 2.87. The largest absolute Gasteiger partial charge is 0.424 e. The van der Waals surface area contributed by atoms with Crippen molar-refractivity contribution in [2.45, 2.75) is 6.54 Å². The van der Waals surface area contributed by atoms with Crippen molar-refractivity contribution in [3.63, 3.8) is 0 Å². The van der Waals surface area contributed by atoms with Gasteiger partial charge in [0.15, 0.2) is 0 Å². The predicted molar refractivity (Wildman–Crippen MR) is 73.9 cm³/mol. The minimum atomic E-state index is 0.327. The first-order valence-electron chi connectivity index (χ1n) is 6.03. The third-order valence-corrected chi connectivity index (χ3v) is 2.87. The first-order chi connectivity index (χ1) is 9.36. The Morgan fingerprint density at radius 3 is 2.47 bits per heavy atom. The van der Waals surface area contributed by atoms with Crippen LogP contribution in [-0.4, -0.2) is 9.97 Å². The monoisotopic (exact) mass is 251 g/mol. The van der Waals surface area contributed by atoms with Gasteiger partial charge in [-0.05, 0) is 11.5 Å². The molecular weight excluding hydrogens is 238 g/mol. The molecule has 0 fully saturated rings. The number of aromatic nitrogens is 2. The van der Waals surface area contributed by atoms with E-state index in [4.69, 9.17) is 10.5 Å². The lowest BCUT2D eigenvalue weighted by atomic mass is 10.1. The topological polar surface area (TPSA) is 61.0 Å². The molecular formula is C15H13N3O. The van der Waals surface area contributed by atoms with E-state index in [-0.39, 0.29) is 0 Å². The Balaban J connectivity index is 1.96. The number of nitrogens with zero attached hydrogens (tertiary/aromatic N) is 2. The summed E-state index contributed by atoms with van der Waals surface area (Å²) in [5, 5.41) is 2.16. The summed E-state index contributed by atoms with van der Waals surface area (Å²) in [7, 11) is 0. The lowest BCUT2D eigenvalue weighted by molar-refractivity contribution is 0.446. The van der Waals surface area contributed by atoms with Crippen LogP contribution in [0.25, 0.3) is 10.8 Å². The quantitative estimate of drug-likeness (QED) is 0.777. The molecule has 0 saturated carbocycles. The van der Waals surface area contributed by atoms with E-state index in [0.717, 1.165) is 22.1 Å². The smallest absolute Gasteiger partial charge is 0.321 e. The zero-order chi connectivity index (χ0) is 13.1. The summed E-state index contributed by atoms with van der Waals surface area (Å²) >= 11 is 0. The lowest BCUT2D eigenvalue weighted by Crippen LogP contribution is -1.99. The molecule has 2 N–H and O–H groups in total. The number of fused-ring (bicyclic) bond motifs is 1. The van der Waals surface area contributed by atoms with Crippen LogP contribution in [0.2, 0.25) is 0 Å². The summed E-state index contributed by atoms with van der Waals surface area (Å²) in [4.78, 5) is 8.28. The summed E-state index contributed by atoms with van der Waals surface area (Å²) in [6.45, 7) is 0.425. The summed E-state index contributed by atoms with van der Waals surface area (Å²) in [5.74, 6) is 0.749. The molecule has 0 saturated heterocycles. The molecule has 3 aromatic rings. The Hall–Kier alpha value is -2.46. The van der Waals surface area contributed by atoms with E-state index >= 15 is 0 Å². The number of hydrogen-bond acceptors (Lipinski definition) is 4. The van der Waals surface area contributed by atoms with Gasteiger partial charge in [0.05, 0.1) is 0 Å². The molecule has 0 amide bonds. The average Bonchev–Trinajstić information content (AvgIpc) is 2.48. The highest BCUT2D eigenvalue weighted by Crippen LogP contribution is 2.27. The van der Waals surface area contributed by atoms with Crippen molar-refractivity contribution in [2.75, 3.05) is 0 Å². The van der Waals surface area contributed by atoms with Crippen LogP contribution in [0.5, 0.6) is 11.8 Å². The maximum atomic E-state index is 5.73. The number of benzene rings is 2. The van der Waals surface area contributed by atoms with E-state index in [9.17, 15) is 0 Å². The van der Waals surface area contributed by atoms with Crippen molar-refractivity contribution in [2.24, 2.45) is 5.73 Å². The zero-order valence-corrected chi connectivity index (χ0v) is 10.3. The van der Waals surface area contributed by atoms with Gasteiger partial charge in [-0.1, -0.05) is 36.4 Å². The van der Waals surface area contributed by atoms with Gasteiger partial charge in [0.2, 0.25) is 0 Å². The molecule has 1 heterocycles. The van der Waals surface area contributed by atoms with Gasteiger partial charge in [-0.3, -0.25) is 0 Å². The molecule has 0 aliphatic heterocycles. The van der Waals surface area contributed by atoms with E-state index < -0.39 is 0 Å². The van der Waals surface area contributed by atoms with Gasteiger partial charge in [0.1, 0.15) is 5.75 Å². The van der Waals surface area contributed by atoms with Crippen LogP contribution in [0, 0.1) is 0 Å². The van der Waals surface area contributed by atoms with E-state index in [2.05, 4.69) is 9.97 Å². The molecule has 0 aliphatic rings. The maximum absolute atomic E-state index is 5.73. The molecule has 0 unspecified atom stereocenters. The number of ether oxygens (including phenoxy) is 1. The highest BCUT2D eigenvalue weighted by atomic mass is 16.5. The summed E-state index contributed by atoms with van der Waals surface area (Å²) < 4.78 is 5.73.